The number of likely N-dealkylation sites (tertiary alicyclic amines) is 1. The van der Waals surface area contributed by atoms with Crippen LogP contribution in [0.15, 0.2) is 79.1 Å². The first-order chi connectivity index (χ1) is 18.2. The van der Waals surface area contributed by atoms with Crippen LogP contribution >= 0.6 is 0 Å². The Bertz CT molecular complexity index is 1630. The van der Waals surface area contributed by atoms with Crippen LogP contribution in [0.1, 0.15) is 36.0 Å². The maximum absolute atomic E-state index is 13.2. The molecule has 2 aromatic carbocycles. The molecular weight excluding hydrogens is 458 g/mol. The fourth-order valence-corrected chi connectivity index (χ4v) is 5.81. The number of rotatable bonds is 5. The second-order valence-electron chi connectivity index (χ2n) is 10.6. The van der Waals surface area contributed by atoms with Gasteiger partial charge in [0.25, 0.3) is 5.91 Å². The first-order valence-electron chi connectivity index (χ1n) is 13.4. The third-order valence-electron chi connectivity index (χ3n) is 7.93. The topological polar surface area (TPSA) is 68.6 Å². The molecule has 0 bridgehead atoms. The standard InChI is InChI=1S/C31H31N5O/c32-24-7-5-14-34(20-24)31(37)23-13-15-35-29(18-33-30(35)17-23)26-9-3-2-8-25(26)28-16-22-6-1-4-10-27(22)36(28)19-21-11-12-21/h1-4,6,8-10,13,15-18,21,24H,5,7,11-12,14,19-20,32H2. The maximum atomic E-state index is 13.2. The average Bonchev–Trinajstić information content (AvgIpc) is 3.54. The molecule has 0 radical (unpaired) electrons. The minimum absolute atomic E-state index is 0.0344. The van der Waals surface area contributed by atoms with Crippen LogP contribution in [0.4, 0.5) is 0 Å². The number of pyridine rings is 1. The van der Waals surface area contributed by atoms with Gasteiger partial charge >= 0.3 is 0 Å². The lowest BCUT2D eigenvalue weighted by Gasteiger charge is -2.30. The van der Waals surface area contributed by atoms with Crippen molar-refractivity contribution in [1.82, 2.24) is 18.9 Å². The van der Waals surface area contributed by atoms with E-state index in [4.69, 9.17) is 10.7 Å². The highest BCUT2D eigenvalue weighted by Gasteiger charge is 2.26. The van der Waals surface area contributed by atoms with Crippen molar-refractivity contribution >= 4 is 22.5 Å². The average molecular weight is 490 g/mol. The van der Waals surface area contributed by atoms with Gasteiger partial charge in [-0.25, -0.2) is 4.98 Å². The lowest BCUT2D eigenvalue weighted by atomic mass is 10.0. The Morgan fingerprint density at radius 2 is 1.73 bits per heavy atom. The van der Waals surface area contributed by atoms with Gasteiger partial charge in [-0.3, -0.25) is 9.20 Å². The van der Waals surface area contributed by atoms with Gasteiger partial charge in [0.05, 0.1) is 11.9 Å². The summed E-state index contributed by atoms with van der Waals surface area (Å²) in [5.74, 6) is 0.801. The molecular formula is C31H31N5O. The lowest BCUT2D eigenvalue weighted by molar-refractivity contribution is 0.0709. The minimum atomic E-state index is 0.0344. The Morgan fingerprint density at radius 3 is 2.54 bits per heavy atom. The number of para-hydroxylation sites is 1. The molecule has 1 saturated carbocycles. The van der Waals surface area contributed by atoms with Gasteiger partial charge in [0, 0.05) is 65.2 Å². The smallest absolute Gasteiger partial charge is 0.254 e. The largest absolute Gasteiger partial charge is 0.340 e. The summed E-state index contributed by atoms with van der Waals surface area (Å²) in [5, 5.41) is 1.27. The van der Waals surface area contributed by atoms with Gasteiger partial charge < -0.3 is 15.2 Å². The zero-order valence-corrected chi connectivity index (χ0v) is 20.9. The first kappa shape index (κ1) is 22.3. The van der Waals surface area contributed by atoms with E-state index in [1.165, 1.54) is 35.0 Å². The summed E-state index contributed by atoms with van der Waals surface area (Å²) in [7, 11) is 0. The summed E-state index contributed by atoms with van der Waals surface area (Å²) in [6.07, 6.45) is 8.46. The van der Waals surface area contributed by atoms with E-state index in [0.29, 0.717) is 12.1 Å². The number of nitrogens with zero attached hydrogens (tertiary/aromatic N) is 4. The van der Waals surface area contributed by atoms with Crippen LogP contribution < -0.4 is 5.73 Å². The van der Waals surface area contributed by atoms with E-state index in [-0.39, 0.29) is 11.9 Å². The quantitative estimate of drug-likeness (QED) is 0.350. The highest BCUT2D eigenvalue weighted by molar-refractivity contribution is 5.96. The number of imidazole rings is 1. The summed E-state index contributed by atoms with van der Waals surface area (Å²) >= 11 is 0. The number of carbonyl (C=O) groups is 1. The molecule has 1 saturated heterocycles. The fraction of sp³-hybridized carbons (Fsp3) is 0.290. The van der Waals surface area contributed by atoms with Gasteiger partial charge in [-0.2, -0.15) is 0 Å². The van der Waals surface area contributed by atoms with Crippen molar-refractivity contribution in [3.8, 4) is 22.5 Å². The second kappa shape index (κ2) is 8.89. The van der Waals surface area contributed by atoms with E-state index in [2.05, 4.69) is 63.6 Å². The predicted octanol–water partition coefficient (Wildman–Crippen LogP) is 5.60. The second-order valence-corrected chi connectivity index (χ2v) is 10.6. The van der Waals surface area contributed by atoms with E-state index in [0.717, 1.165) is 48.8 Å². The van der Waals surface area contributed by atoms with Crippen molar-refractivity contribution in [3.05, 3.63) is 84.7 Å². The lowest BCUT2D eigenvalue weighted by Crippen LogP contribution is -2.45. The molecule has 7 rings (SSSR count). The van der Waals surface area contributed by atoms with Gasteiger partial charge in [-0.15, -0.1) is 0 Å². The molecule has 1 atom stereocenters. The molecule has 4 heterocycles. The number of benzene rings is 2. The molecule has 2 fully saturated rings. The number of hydrogen-bond acceptors (Lipinski definition) is 3. The number of amides is 1. The maximum Gasteiger partial charge on any atom is 0.254 e. The number of hydrogen-bond donors (Lipinski definition) is 1. The molecule has 0 spiro atoms. The van der Waals surface area contributed by atoms with Gasteiger partial charge in [0.1, 0.15) is 5.65 Å². The van der Waals surface area contributed by atoms with Crippen molar-refractivity contribution in [2.75, 3.05) is 13.1 Å². The summed E-state index contributed by atoms with van der Waals surface area (Å²) in [6, 6.07) is 23.4. The minimum Gasteiger partial charge on any atom is -0.340 e. The first-order valence-corrected chi connectivity index (χ1v) is 13.4. The fourth-order valence-electron chi connectivity index (χ4n) is 5.81. The molecule has 1 aliphatic heterocycles. The summed E-state index contributed by atoms with van der Waals surface area (Å²) < 4.78 is 4.58. The molecule has 6 nitrogen and oxygen atoms in total. The molecule has 5 aromatic rings. The Morgan fingerprint density at radius 1 is 0.946 bits per heavy atom. The van der Waals surface area contributed by atoms with Gasteiger partial charge in [0.15, 0.2) is 0 Å². The van der Waals surface area contributed by atoms with Gasteiger partial charge in [-0.1, -0.05) is 42.5 Å². The molecule has 186 valence electrons. The molecule has 1 amide bonds. The van der Waals surface area contributed by atoms with Crippen LogP contribution in [0.3, 0.4) is 0 Å². The highest BCUT2D eigenvalue weighted by atomic mass is 16.2. The van der Waals surface area contributed by atoms with Crippen molar-refractivity contribution in [3.63, 3.8) is 0 Å². The van der Waals surface area contributed by atoms with Crippen LogP contribution in [-0.4, -0.2) is 43.9 Å². The number of nitrogens with two attached hydrogens (primary N) is 1. The molecule has 1 aliphatic carbocycles. The van der Waals surface area contributed by atoms with Crippen molar-refractivity contribution in [2.24, 2.45) is 11.7 Å². The molecule has 3 aromatic heterocycles. The van der Waals surface area contributed by atoms with Crippen molar-refractivity contribution in [1.29, 1.82) is 0 Å². The number of carbonyl (C=O) groups excluding carboxylic acids is 1. The normalized spacial score (nSPS) is 18.1. The number of aromatic nitrogens is 3. The molecule has 2 aliphatic rings. The van der Waals surface area contributed by atoms with Crippen LogP contribution in [0.25, 0.3) is 39.1 Å². The van der Waals surface area contributed by atoms with Crippen molar-refractivity contribution in [2.45, 2.75) is 38.3 Å². The number of piperidine rings is 1. The van der Waals surface area contributed by atoms with E-state index in [1.807, 2.05) is 29.4 Å². The summed E-state index contributed by atoms with van der Waals surface area (Å²) in [5.41, 5.74) is 13.4. The molecule has 1 unspecified atom stereocenters. The monoisotopic (exact) mass is 489 g/mol. The van der Waals surface area contributed by atoms with Gasteiger partial charge in [-0.05, 0) is 55.9 Å². The SMILES string of the molecule is NC1CCCN(C(=O)c2ccn3c(-c4ccccc4-c4cc5ccccc5n4CC4CC4)cnc3c2)C1. The Hall–Kier alpha value is -3.90. The predicted molar refractivity (Wildman–Crippen MR) is 147 cm³/mol. The Kier molecular flexibility index (Phi) is 5.36. The van der Waals surface area contributed by atoms with Crippen molar-refractivity contribution < 1.29 is 4.79 Å². The zero-order valence-electron chi connectivity index (χ0n) is 20.9. The molecule has 37 heavy (non-hydrogen) atoms. The molecule has 6 heteroatoms. The van der Waals surface area contributed by atoms with E-state index < -0.39 is 0 Å². The molecule has 2 N–H and O–H groups in total. The van der Waals surface area contributed by atoms with Crippen LogP contribution in [-0.2, 0) is 6.54 Å². The van der Waals surface area contributed by atoms with E-state index in [9.17, 15) is 4.79 Å². The van der Waals surface area contributed by atoms with Crippen LogP contribution in [0.5, 0.6) is 0 Å². The summed E-state index contributed by atoms with van der Waals surface area (Å²) in [4.78, 5) is 19.7. The Labute approximate surface area is 216 Å². The zero-order chi connectivity index (χ0) is 24.9. The summed E-state index contributed by atoms with van der Waals surface area (Å²) in [6.45, 7) is 2.43. The highest BCUT2D eigenvalue weighted by Crippen LogP contribution is 2.39. The Balaban J connectivity index is 1.30. The third-order valence-corrected chi connectivity index (χ3v) is 7.93. The number of fused-ring (bicyclic) bond motifs is 2. The van der Waals surface area contributed by atoms with E-state index >= 15 is 0 Å². The van der Waals surface area contributed by atoms with Crippen LogP contribution in [0, 0.1) is 5.92 Å². The van der Waals surface area contributed by atoms with Crippen LogP contribution in [0.2, 0.25) is 0 Å². The third kappa shape index (κ3) is 4.02. The van der Waals surface area contributed by atoms with Gasteiger partial charge in [0.2, 0.25) is 0 Å². The van der Waals surface area contributed by atoms with E-state index in [1.54, 1.807) is 0 Å².